The van der Waals surface area contributed by atoms with E-state index >= 15 is 0 Å². The molecule has 1 amide bonds. The molecule has 0 aromatic heterocycles. The predicted octanol–water partition coefficient (Wildman–Crippen LogP) is 3.06. The van der Waals surface area contributed by atoms with Crippen molar-refractivity contribution in [1.29, 1.82) is 0 Å². The van der Waals surface area contributed by atoms with Gasteiger partial charge in [-0.3, -0.25) is 4.79 Å². The van der Waals surface area contributed by atoms with Gasteiger partial charge in [0, 0.05) is 12.1 Å². The smallest absolute Gasteiger partial charge is 0.251 e. The zero-order chi connectivity index (χ0) is 14.6. The monoisotopic (exact) mass is 275 g/mol. The van der Waals surface area contributed by atoms with Crippen molar-refractivity contribution in [3.8, 4) is 0 Å². The Hall–Kier alpha value is -1.35. The van der Waals surface area contributed by atoms with Crippen molar-refractivity contribution in [2.24, 2.45) is 5.92 Å². The highest BCUT2D eigenvalue weighted by Gasteiger charge is 2.32. The summed E-state index contributed by atoms with van der Waals surface area (Å²) in [4.78, 5) is 12.1. The molecule has 0 atom stereocenters. The molecule has 0 heterocycles. The Morgan fingerprint density at radius 1 is 1.35 bits per heavy atom. The average molecular weight is 275 g/mol. The topological polar surface area (TPSA) is 49.3 Å². The molecule has 0 unspecified atom stereocenters. The maximum absolute atomic E-state index is 12.1. The van der Waals surface area contributed by atoms with Crippen molar-refractivity contribution in [2.45, 2.75) is 51.6 Å². The lowest BCUT2D eigenvalue weighted by atomic mass is 9.78. The second-order valence-corrected chi connectivity index (χ2v) is 6.07. The SMILES string of the molecule is CCC1CCC(O)(CNC(=O)c2ccccc2C)CC1. The maximum Gasteiger partial charge on any atom is 0.251 e. The number of nitrogens with one attached hydrogen (secondary N) is 1. The maximum atomic E-state index is 12.1. The third-order valence-electron chi connectivity index (χ3n) is 4.58. The molecule has 1 aromatic carbocycles. The highest BCUT2D eigenvalue weighted by atomic mass is 16.3. The second kappa shape index (κ2) is 6.40. The summed E-state index contributed by atoms with van der Waals surface area (Å²) in [5.74, 6) is 0.650. The van der Waals surface area contributed by atoms with Crippen LogP contribution in [0.4, 0.5) is 0 Å². The Balaban J connectivity index is 1.89. The Bertz CT molecular complexity index is 462. The van der Waals surface area contributed by atoms with Crippen LogP contribution in [-0.2, 0) is 0 Å². The van der Waals surface area contributed by atoms with Gasteiger partial charge in [-0.15, -0.1) is 0 Å². The summed E-state index contributed by atoms with van der Waals surface area (Å²) in [6.07, 6.45) is 4.89. The highest BCUT2D eigenvalue weighted by Crippen LogP contribution is 2.33. The third-order valence-corrected chi connectivity index (χ3v) is 4.58. The van der Waals surface area contributed by atoms with Crippen LogP contribution in [0.1, 0.15) is 54.9 Å². The van der Waals surface area contributed by atoms with Gasteiger partial charge in [0.2, 0.25) is 0 Å². The van der Waals surface area contributed by atoms with Crippen LogP contribution in [-0.4, -0.2) is 23.2 Å². The van der Waals surface area contributed by atoms with E-state index in [0.29, 0.717) is 12.1 Å². The molecular formula is C17H25NO2. The lowest BCUT2D eigenvalue weighted by Crippen LogP contribution is -2.45. The van der Waals surface area contributed by atoms with E-state index in [9.17, 15) is 9.90 Å². The van der Waals surface area contributed by atoms with Crippen molar-refractivity contribution in [1.82, 2.24) is 5.32 Å². The largest absolute Gasteiger partial charge is 0.388 e. The van der Waals surface area contributed by atoms with Gasteiger partial charge in [0.1, 0.15) is 0 Å². The Morgan fingerprint density at radius 3 is 2.60 bits per heavy atom. The minimum absolute atomic E-state index is 0.0888. The van der Waals surface area contributed by atoms with E-state index in [2.05, 4.69) is 12.2 Å². The molecule has 0 saturated heterocycles. The fourth-order valence-electron chi connectivity index (χ4n) is 2.97. The molecule has 1 aliphatic carbocycles. The van der Waals surface area contributed by atoms with Gasteiger partial charge < -0.3 is 10.4 Å². The zero-order valence-electron chi connectivity index (χ0n) is 12.5. The molecule has 0 bridgehead atoms. The lowest BCUT2D eigenvalue weighted by molar-refractivity contribution is -0.00787. The summed E-state index contributed by atoms with van der Waals surface area (Å²) in [5.41, 5.74) is 0.939. The van der Waals surface area contributed by atoms with E-state index < -0.39 is 5.60 Å². The molecule has 1 fully saturated rings. The summed E-state index contributed by atoms with van der Waals surface area (Å²) in [5, 5.41) is 13.4. The zero-order valence-corrected chi connectivity index (χ0v) is 12.5. The van der Waals surface area contributed by atoms with Crippen LogP contribution >= 0.6 is 0 Å². The van der Waals surface area contributed by atoms with Gasteiger partial charge in [0.05, 0.1) is 5.60 Å². The Kier molecular flexibility index (Phi) is 4.81. The van der Waals surface area contributed by atoms with Crippen LogP contribution < -0.4 is 5.32 Å². The summed E-state index contributed by atoms with van der Waals surface area (Å²) >= 11 is 0. The number of aryl methyl sites for hydroxylation is 1. The Morgan fingerprint density at radius 2 is 2.00 bits per heavy atom. The van der Waals surface area contributed by atoms with Gasteiger partial charge in [-0.05, 0) is 50.2 Å². The molecule has 0 spiro atoms. The summed E-state index contributed by atoms with van der Waals surface area (Å²) in [7, 11) is 0. The summed E-state index contributed by atoms with van der Waals surface area (Å²) in [6.45, 7) is 4.49. The molecule has 2 rings (SSSR count). The number of benzene rings is 1. The fourth-order valence-corrected chi connectivity index (χ4v) is 2.97. The van der Waals surface area contributed by atoms with Gasteiger partial charge >= 0.3 is 0 Å². The third kappa shape index (κ3) is 3.60. The normalized spacial score (nSPS) is 26.2. The van der Waals surface area contributed by atoms with Gasteiger partial charge in [-0.1, -0.05) is 31.5 Å². The standard InChI is InChI=1S/C17H25NO2/c1-3-14-8-10-17(20,11-9-14)12-18-16(19)15-7-5-4-6-13(15)2/h4-7,14,20H,3,8-12H2,1-2H3,(H,18,19). The van der Waals surface area contributed by atoms with Crippen LogP contribution in [0.15, 0.2) is 24.3 Å². The van der Waals surface area contributed by atoms with Crippen molar-refractivity contribution in [3.05, 3.63) is 35.4 Å². The number of amides is 1. The van der Waals surface area contributed by atoms with Crippen molar-refractivity contribution in [2.75, 3.05) is 6.54 Å². The van der Waals surface area contributed by atoms with Gasteiger partial charge in [0.25, 0.3) is 5.91 Å². The first-order valence-electron chi connectivity index (χ1n) is 7.60. The molecule has 20 heavy (non-hydrogen) atoms. The first-order chi connectivity index (χ1) is 9.54. The molecule has 0 radical (unpaired) electrons. The predicted molar refractivity (Wildman–Crippen MR) is 80.7 cm³/mol. The number of hydrogen-bond acceptors (Lipinski definition) is 2. The van der Waals surface area contributed by atoms with E-state index in [1.165, 1.54) is 6.42 Å². The minimum atomic E-state index is -0.718. The summed E-state index contributed by atoms with van der Waals surface area (Å²) < 4.78 is 0. The minimum Gasteiger partial charge on any atom is -0.388 e. The lowest BCUT2D eigenvalue weighted by Gasteiger charge is -2.35. The molecule has 3 nitrogen and oxygen atoms in total. The number of carbonyl (C=O) groups is 1. The molecule has 1 aromatic rings. The summed E-state index contributed by atoms with van der Waals surface area (Å²) in [6, 6.07) is 7.54. The van der Waals surface area contributed by atoms with Crippen molar-refractivity contribution in [3.63, 3.8) is 0 Å². The first kappa shape index (κ1) is 15.0. The number of carbonyl (C=O) groups excluding carboxylic acids is 1. The van der Waals surface area contributed by atoms with Crippen molar-refractivity contribution < 1.29 is 9.90 Å². The first-order valence-corrected chi connectivity index (χ1v) is 7.60. The molecule has 110 valence electrons. The quantitative estimate of drug-likeness (QED) is 0.887. The van der Waals surface area contributed by atoms with Crippen LogP contribution in [0.3, 0.4) is 0 Å². The molecule has 0 aliphatic heterocycles. The van der Waals surface area contributed by atoms with E-state index in [4.69, 9.17) is 0 Å². The van der Waals surface area contributed by atoms with E-state index in [1.807, 2.05) is 31.2 Å². The van der Waals surface area contributed by atoms with Crippen LogP contribution in [0.25, 0.3) is 0 Å². The van der Waals surface area contributed by atoms with E-state index in [-0.39, 0.29) is 5.91 Å². The molecule has 3 heteroatoms. The second-order valence-electron chi connectivity index (χ2n) is 6.07. The van der Waals surface area contributed by atoms with Crippen molar-refractivity contribution >= 4 is 5.91 Å². The van der Waals surface area contributed by atoms with E-state index in [1.54, 1.807) is 0 Å². The van der Waals surface area contributed by atoms with Gasteiger partial charge in [-0.2, -0.15) is 0 Å². The fraction of sp³-hybridized carbons (Fsp3) is 0.588. The van der Waals surface area contributed by atoms with E-state index in [0.717, 1.165) is 37.2 Å². The van der Waals surface area contributed by atoms with Gasteiger partial charge in [-0.25, -0.2) is 0 Å². The molecular weight excluding hydrogens is 250 g/mol. The Labute approximate surface area is 121 Å². The van der Waals surface area contributed by atoms with Crippen LogP contribution in [0, 0.1) is 12.8 Å². The highest BCUT2D eigenvalue weighted by molar-refractivity contribution is 5.95. The molecule has 2 N–H and O–H groups in total. The average Bonchev–Trinajstić information content (AvgIpc) is 2.46. The number of rotatable bonds is 4. The van der Waals surface area contributed by atoms with Crippen LogP contribution in [0.2, 0.25) is 0 Å². The number of aliphatic hydroxyl groups is 1. The molecule has 1 saturated carbocycles. The number of hydrogen-bond donors (Lipinski definition) is 2. The van der Waals surface area contributed by atoms with Crippen LogP contribution in [0.5, 0.6) is 0 Å². The van der Waals surface area contributed by atoms with Gasteiger partial charge in [0.15, 0.2) is 0 Å². The molecule has 1 aliphatic rings.